The quantitative estimate of drug-likeness (QED) is 0.691. The number of carbonyl (C=O) groups excluding carboxylic acids is 1. The molecule has 1 fully saturated rings. The van der Waals surface area contributed by atoms with Crippen LogP contribution in [0.1, 0.15) is 11.5 Å². The Hall–Kier alpha value is -3.29. The van der Waals surface area contributed by atoms with Gasteiger partial charge in [-0.25, -0.2) is 9.37 Å². The highest BCUT2D eigenvalue weighted by Crippen LogP contribution is 2.19. The van der Waals surface area contributed by atoms with Crippen LogP contribution in [0.2, 0.25) is 0 Å². The molecule has 1 saturated heterocycles. The number of hydrogen-bond donors (Lipinski definition) is 0. The first-order valence-electron chi connectivity index (χ1n) is 9.12. The van der Waals surface area contributed by atoms with E-state index in [9.17, 15) is 9.18 Å². The molecule has 4 rings (SSSR count). The molecule has 0 unspecified atom stereocenters. The minimum atomic E-state index is -0.294. The van der Waals surface area contributed by atoms with Gasteiger partial charge in [-0.3, -0.25) is 4.79 Å². The molecule has 2 aromatic heterocycles. The number of halogens is 1. The Morgan fingerprint density at radius 2 is 1.86 bits per heavy atom. The zero-order chi connectivity index (χ0) is 19.5. The van der Waals surface area contributed by atoms with Crippen molar-refractivity contribution < 1.29 is 13.7 Å². The van der Waals surface area contributed by atoms with Crippen molar-refractivity contribution >= 4 is 11.7 Å². The Morgan fingerprint density at radius 3 is 2.46 bits per heavy atom. The molecule has 1 aromatic carbocycles. The third kappa shape index (κ3) is 4.00. The van der Waals surface area contributed by atoms with Gasteiger partial charge in [0.1, 0.15) is 11.6 Å². The maximum atomic E-state index is 13.0. The van der Waals surface area contributed by atoms with E-state index in [0.717, 1.165) is 16.9 Å². The normalized spacial score (nSPS) is 14.4. The number of hydrogen-bond acceptors (Lipinski definition) is 6. The van der Waals surface area contributed by atoms with Crippen molar-refractivity contribution in [3.63, 3.8) is 0 Å². The molecule has 1 amide bonds. The summed E-state index contributed by atoms with van der Waals surface area (Å²) in [5.41, 5.74) is 1.62. The fourth-order valence-corrected chi connectivity index (χ4v) is 3.20. The number of amides is 1. The number of anilines is 1. The second kappa shape index (κ2) is 7.75. The molecule has 144 valence electrons. The van der Waals surface area contributed by atoms with Crippen LogP contribution in [-0.4, -0.2) is 52.1 Å². The number of pyridine rings is 1. The summed E-state index contributed by atoms with van der Waals surface area (Å²) in [6.07, 6.45) is 2.02. The monoisotopic (exact) mass is 381 g/mol. The van der Waals surface area contributed by atoms with Crippen LogP contribution < -0.4 is 4.90 Å². The number of aryl methyl sites for hydroxylation is 1. The SMILES string of the molecule is Cc1nc(-c2ccc(N3CCN(C(=O)Cc4ccc(F)cc4)CC3)nc2)no1. The molecule has 1 aliphatic rings. The van der Waals surface area contributed by atoms with Crippen LogP contribution in [0, 0.1) is 12.7 Å². The molecular weight excluding hydrogens is 361 g/mol. The van der Waals surface area contributed by atoms with Crippen LogP contribution in [-0.2, 0) is 11.2 Å². The molecule has 0 aliphatic carbocycles. The number of aromatic nitrogens is 3. The smallest absolute Gasteiger partial charge is 0.227 e. The van der Waals surface area contributed by atoms with Crippen LogP contribution in [0.3, 0.4) is 0 Å². The number of rotatable bonds is 4. The molecule has 0 atom stereocenters. The van der Waals surface area contributed by atoms with Crippen LogP contribution in [0.4, 0.5) is 10.2 Å². The van der Waals surface area contributed by atoms with Gasteiger partial charge < -0.3 is 14.3 Å². The highest BCUT2D eigenvalue weighted by Gasteiger charge is 2.22. The lowest BCUT2D eigenvalue weighted by atomic mass is 10.1. The van der Waals surface area contributed by atoms with Crippen molar-refractivity contribution in [3.05, 3.63) is 59.9 Å². The summed E-state index contributed by atoms with van der Waals surface area (Å²) in [5, 5.41) is 3.89. The molecule has 0 saturated carbocycles. The van der Waals surface area contributed by atoms with Crippen LogP contribution in [0.25, 0.3) is 11.4 Å². The summed E-state index contributed by atoms with van der Waals surface area (Å²) in [4.78, 5) is 25.2. The van der Waals surface area contributed by atoms with Gasteiger partial charge in [0.15, 0.2) is 0 Å². The third-order valence-corrected chi connectivity index (χ3v) is 4.76. The van der Waals surface area contributed by atoms with Crippen LogP contribution in [0.15, 0.2) is 47.1 Å². The first-order chi connectivity index (χ1) is 13.6. The van der Waals surface area contributed by atoms with Crippen molar-refractivity contribution in [1.29, 1.82) is 0 Å². The molecule has 0 bridgehead atoms. The predicted molar refractivity (Wildman–Crippen MR) is 101 cm³/mol. The Kier molecular flexibility index (Phi) is 5.01. The van der Waals surface area contributed by atoms with Gasteiger partial charge >= 0.3 is 0 Å². The summed E-state index contributed by atoms with van der Waals surface area (Å²) in [7, 11) is 0. The molecule has 3 heterocycles. The van der Waals surface area contributed by atoms with E-state index < -0.39 is 0 Å². The summed E-state index contributed by atoms with van der Waals surface area (Å²) >= 11 is 0. The van der Waals surface area contributed by atoms with Crippen LogP contribution >= 0.6 is 0 Å². The molecule has 1 aliphatic heterocycles. The second-order valence-corrected chi connectivity index (χ2v) is 6.71. The lowest BCUT2D eigenvalue weighted by Crippen LogP contribution is -2.49. The average molecular weight is 381 g/mol. The van der Waals surface area contributed by atoms with Gasteiger partial charge in [-0.1, -0.05) is 17.3 Å². The average Bonchev–Trinajstić information content (AvgIpc) is 3.16. The van der Waals surface area contributed by atoms with E-state index in [1.807, 2.05) is 17.0 Å². The maximum absolute atomic E-state index is 13.0. The molecule has 3 aromatic rings. The fourth-order valence-electron chi connectivity index (χ4n) is 3.20. The molecule has 0 spiro atoms. The molecule has 8 heteroatoms. The molecular formula is C20H20FN5O2. The molecule has 7 nitrogen and oxygen atoms in total. The number of carbonyl (C=O) groups is 1. The Bertz CT molecular complexity index is 947. The first kappa shape index (κ1) is 18.1. The van der Waals surface area contributed by atoms with Crippen molar-refractivity contribution in [1.82, 2.24) is 20.0 Å². The number of nitrogens with zero attached hydrogens (tertiary/aromatic N) is 5. The number of benzene rings is 1. The van der Waals surface area contributed by atoms with Gasteiger partial charge in [-0.2, -0.15) is 4.98 Å². The first-order valence-corrected chi connectivity index (χ1v) is 9.12. The molecule has 28 heavy (non-hydrogen) atoms. The van der Waals surface area contributed by atoms with Crippen molar-refractivity contribution in [3.8, 4) is 11.4 Å². The zero-order valence-corrected chi connectivity index (χ0v) is 15.5. The van der Waals surface area contributed by atoms with Gasteiger partial charge in [-0.15, -0.1) is 0 Å². The van der Waals surface area contributed by atoms with Crippen molar-refractivity contribution in [2.45, 2.75) is 13.3 Å². The van der Waals surface area contributed by atoms with Crippen molar-refractivity contribution in [2.75, 3.05) is 31.1 Å². The minimum absolute atomic E-state index is 0.0574. The Balaban J connectivity index is 1.33. The van der Waals surface area contributed by atoms with E-state index in [-0.39, 0.29) is 18.1 Å². The number of piperazine rings is 1. The highest BCUT2D eigenvalue weighted by molar-refractivity contribution is 5.79. The Labute approximate surface area is 161 Å². The van der Waals surface area contributed by atoms with E-state index in [0.29, 0.717) is 37.9 Å². The van der Waals surface area contributed by atoms with Gasteiger partial charge in [-0.05, 0) is 29.8 Å². The van der Waals surface area contributed by atoms with E-state index in [1.54, 1.807) is 25.3 Å². The van der Waals surface area contributed by atoms with Gasteiger partial charge in [0, 0.05) is 44.9 Å². The third-order valence-electron chi connectivity index (χ3n) is 4.76. The van der Waals surface area contributed by atoms with Gasteiger partial charge in [0.05, 0.1) is 6.42 Å². The highest BCUT2D eigenvalue weighted by atomic mass is 19.1. The molecule has 0 radical (unpaired) electrons. The van der Waals surface area contributed by atoms with Gasteiger partial charge in [0.25, 0.3) is 0 Å². The summed E-state index contributed by atoms with van der Waals surface area (Å²) < 4.78 is 18.0. The van der Waals surface area contributed by atoms with Gasteiger partial charge in [0.2, 0.25) is 17.6 Å². The van der Waals surface area contributed by atoms with E-state index >= 15 is 0 Å². The minimum Gasteiger partial charge on any atom is -0.353 e. The summed E-state index contributed by atoms with van der Waals surface area (Å²) in [6, 6.07) is 9.91. The summed E-state index contributed by atoms with van der Waals surface area (Å²) in [5.74, 6) is 1.66. The van der Waals surface area contributed by atoms with Crippen molar-refractivity contribution in [2.24, 2.45) is 0 Å². The lowest BCUT2D eigenvalue weighted by Gasteiger charge is -2.35. The summed E-state index contributed by atoms with van der Waals surface area (Å²) in [6.45, 7) is 4.43. The van der Waals surface area contributed by atoms with Crippen LogP contribution in [0.5, 0.6) is 0 Å². The Morgan fingerprint density at radius 1 is 1.11 bits per heavy atom. The lowest BCUT2D eigenvalue weighted by molar-refractivity contribution is -0.130. The zero-order valence-electron chi connectivity index (χ0n) is 15.5. The fraction of sp³-hybridized carbons (Fsp3) is 0.300. The standard InChI is InChI=1S/C20H20FN5O2/c1-14-23-20(24-28-14)16-4-7-18(22-13-16)25-8-10-26(11-9-25)19(27)12-15-2-5-17(21)6-3-15/h2-7,13H,8-12H2,1H3. The second-order valence-electron chi connectivity index (χ2n) is 6.71. The predicted octanol–water partition coefficient (Wildman–Crippen LogP) is 2.47. The van der Waals surface area contributed by atoms with E-state index in [2.05, 4.69) is 20.0 Å². The molecule has 0 N–H and O–H groups in total. The van der Waals surface area contributed by atoms with E-state index in [4.69, 9.17) is 4.52 Å². The topological polar surface area (TPSA) is 75.4 Å². The maximum Gasteiger partial charge on any atom is 0.227 e. The van der Waals surface area contributed by atoms with E-state index in [1.165, 1.54) is 12.1 Å². The largest absolute Gasteiger partial charge is 0.353 e.